The van der Waals surface area contributed by atoms with Crippen molar-refractivity contribution in [3.8, 4) is 0 Å². The Balaban J connectivity index is 1.40. The van der Waals surface area contributed by atoms with E-state index in [0.29, 0.717) is 35.2 Å². The Labute approximate surface area is 172 Å². The molecule has 3 rings (SSSR count). The number of nitrogens with zero attached hydrogens (tertiary/aromatic N) is 1. The second-order valence-electron chi connectivity index (χ2n) is 6.04. The number of nitrogens with one attached hydrogen (secondary N) is 1. The number of carbonyl (C=O) groups excluding carboxylic acids is 2. The number of thiophene rings is 1. The van der Waals surface area contributed by atoms with Gasteiger partial charge in [0, 0.05) is 24.4 Å². The average Bonchev–Trinajstić information content (AvgIpc) is 3.26. The Hall–Kier alpha value is -1.96. The van der Waals surface area contributed by atoms with Crippen LogP contribution in [0.15, 0.2) is 52.7 Å². The summed E-state index contributed by atoms with van der Waals surface area (Å²) in [5, 5.41) is 4.90. The van der Waals surface area contributed by atoms with E-state index < -0.39 is 0 Å². The van der Waals surface area contributed by atoms with E-state index in [1.807, 2.05) is 53.9 Å². The van der Waals surface area contributed by atoms with Crippen LogP contribution in [0.3, 0.4) is 0 Å². The second-order valence-corrected chi connectivity index (χ2v) is 8.69. The quantitative estimate of drug-likeness (QED) is 0.520. The number of benzene rings is 1. The fraction of sp³-hybridized carbons (Fsp3) is 0.250. The predicted octanol–water partition coefficient (Wildman–Crippen LogP) is 4.09. The summed E-state index contributed by atoms with van der Waals surface area (Å²) in [5.74, 6) is -0.0617. The Morgan fingerprint density at radius 1 is 1.19 bits per heavy atom. The van der Waals surface area contributed by atoms with Crippen molar-refractivity contribution in [3.63, 3.8) is 0 Å². The van der Waals surface area contributed by atoms with E-state index in [2.05, 4.69) is 5.32 Å². The van der Waals surface area contributed by atoms with Gasteiger partial charge in [-0.1, -0.05) is 60.4 Å². The van der Waals surface area contributed by atoms with Crippen LogP contribution in [0.2, 0.25) is 0 Å². The van der Waals surface area contributed by atoms with Gasteiger partial charge in [0.1, 0.15) is 4.32 Å². The summed E-state index contributed by atoms with van der Waals surface area (Å²) in [6, 6.07) is 14.0. The lowest BCUT2D eigenvalue weighted by Gasteiger charge is -2.14. The lowest BCUT2D eigenvalue weighted by molar-refractivity contribution is -0.123. The Kier molecular flexibility index (Phi) is 7.20. The number of hydrogen-bond donors (Lipinski definition) is 1. The van der Waals surface area contributed by atoms with E-state index in [0.717, 1.165) is 11.3 Å². The van der Waals surface area contributed by atoms with Crippen LogP contribution in [0.5, 0.6) is 0 Å². The molecule has 0 bridgehead atoms. The van der Waals surface area contributed by atoms with Crippen molar-refractivity contribution in [2.45, 2.75) is 19.3 Å². The minimum atomic E-state index is -0.0668. The van der Waals surface area contributed by atoms with Crippen molar-refractivity contribution in [3.05, 3.63) is 63.2 Å². The largest absolute Gasteiger partial charge is 0.356 e. The molecule has 0 saturated carbocycles. The molecule has 2 heterocycles. The van der Waals surface area contributed by atoms with Crippen molar-refractivity contribution in [1.82, 2.24) is 10.2 Å². The summed E-state index contributed by atoms with van der Waals surface area (Å²) in [7, 11) is 0. The lowest BCUT2D eigenvalue weighted by atomic mass is 10.1. The molecule has 2 aromatic rings. The first-order chi connectivity index (χ1) is 13.1. The van der Waals surface area contributed by atoms with Crippen LogP contribution in [0.1, 0.15) is 23.3 Å². The molecule has 1 aliphatic heterocycles. The van der Waals surface area contributed by atoms with Crippen LogP contribution >= 0.6 is 35.3 Å². The SMILES string of the molecule is O=C(CCCN1C(=O)/C(=C\c2cccs2)SC1=S)NCCc1ccccc1. The summed E-state index contributed by atoms with van der Waals surface area (Å²) in [4.78, 5) is 27.8. The maximum Gasteiger partial charge on any atom is 0.266 e. The maximum absolute atomic E-state index is 12.5. The van der Waals surface area contributed by atoms with Crippen molar-refractivity contribution < 1.29 is 9.59 Å². The van der Waals surface area contributed by atoms with Gasteiger partial charge in [-0.05, 0) is 35.9 Å². The van der Waals surface area contributed by atoms with Gasteiger partial charge in [0.25, 0.3) is 5.91 Å². The van der Waals surface area contributed by atoms with Crippen molar-refractivity contribution in [1.29, 1.82) is 0 Å². The summed E-state index contributed by atoms with van der Waals surface area (Å²) in [6.07, 6.45) is 3.67. The second kappa shape index (κ2) is 9.82. The smallest absolute Gasteiger partial charge is 0.266 e. The van der Waals surface area contributed by atoms with Gasteiger partial charge >= 0.3 is 0 Å². The molecular weight excluding hydrogens is 396 g/mol. The van der Waals surface area contributed by atoms with Crippen LogP contribution in [0, 0.1) is 0 Å². The van der Waals surface area contributed by atoms with E-state index in [9.17, 15) is 9.59 Å². The molecule has 0 aliphatic carbocycles. The molecule has 1 aromatic heterocycles. The molecule has 1 saturated heterocycles. The van der Waals surface area contributed by atoms with E-state index >= 15 is 0 Å². The highest BCUT2D eigenvalue weighted by Crippen LogP contribution is 2.33. The zero-order valence-corrected chi connectivity index (χ0v) is 17.2. The van der Waals surface area contributed by atoms with Crippen LogP contribution in [0.25, 0.3) is 6.08 Å². The van der Waals surface area contributed by atoms with Crippen LogP contribution in [-0.2, 0) is 16.0 Å². The molecule has 1 fully saturated rings. The molecule has 1 aromatic carbocycles. The van der Waals surface area contributed by atoms with Gasteiger partial charge < -0.3 is 5.32 Å². The minimum absolute atomic E-state index is 0.00509. The first kappa shape index (κ1) is 19.8. The molecule has 1 N–H and O–H groups in total. The molecule has 2 amide bonds. The van der Waals surface area contributed by atoms with Crippen LogP contribution < -0.4 is 5.32 Å². The number of thioether (sulfide) groups is 1. The van der Waals surface area contributed by atoms with Gasteiger partial charge in [0.15, 0.2) is 0 Å². The number of carbonyl (C=O) groups is 2. The lowest BCUT2D eigenvalue weighted by Crippen LogP contribution is -2.31. The van der Waals surface area contributed by atoms with E-state index in [1.54, 1.807) is 16.2 Å². The van der Waals surface area contributed by atoms with Gasteiger partial charge in [-0.3, -0.25) is 14.5 Å². The highest BCUT2D eigenvalue weighted by Gasteiger charge is 2.31. The highest BCUT2D eigenvalue weighted by molar-refractivity contribution is 8.26. The van der Waals surface area contributed by atoms with E-state index in [1.165, 1.54) is 17.3 Å². The molecule has 7 heteroatoms. The third-order valence-electron chi connectivity index (χ3n) is 4.05. The standard InChI is InChI=1S/C20H20N2O2S3/c23-18(21-11-10-15-6-2-1-3-7-15)9-4-12-22-19(24)17(27-20(22)25)14-16-8-5-13-26-16/h1-3,5-8,13-14H,4,9-12H2,(H,21,23)/b17-14+. The molecule has 0 atom stereocenters. The molecule has 4 nitrogen and oxygen atoms in total. The zero-order chi connectivity index (χ0) is 19.1. The molecule has 0 unspecified atom stereocenters. The van der Waals surface area contributed by atoms with Crippen molar-refractivity contribution in [2.24, 2.45) is 0 Å². The molecule has 0 spiro atoms. The molecule has 27 heavy (non-hydrogen) atoms. The number of amides is 2. The maximum atomic E-state index is 12.5. The van der Waals surface area contributed by atoms with Gasteiger partial charge in [0.05, 0.1) is 4.91 Å². The fourth-order valence-corrected chi connectivity index (χ4v) is 4.70. The summed E-state index contributed by atoms with van der Waals surface area (Å²) < 4.78 is 0.562. The van der Waals surface area contributed by atoms with E-state index in [-0.39, 0.29) is 11.8 Å². The minimum Gasteiger partial charge on any atom is -0.356 e. The average molecular weight is 417 g/mol. The van der Waals surface area contributed by atoms with Gasteiger partial charge in [-0.25, -0.2) is 0 Å². The Bertz CT molecular complexity index is 832. The molecule has 1 aliphatic rings. The van der Waals surface area contributed by atoms with Gasteiger partial charge in [-0.2, -0.15) is 0 Å². The first-order valence-electron chi connectivity index (χ1n) is 8.73. The molecular formula is C20H20N2O2S3. The Morgan fingerprint density at radius 3 is 2.74 bits per heavy atom. The zero-order valence-electron chi connectivity index (χ0n) is 14.7. The molecule has 0 radical (unpaired) electrons. The molecule has 140 valence electrons. The third-order valence-corrected chi connectivity index (χ3v) is 6.25. The normalized spacial score (nSPS) is 15.6. The first-order valence-corrected chi connectivity index (χ1v) is 10.8. The number of rotatable bonds is 8. The highest BCUT2D eigenvalue weighted by atomic mass is 32.2. The van der Waals surface area contributed by atoms with Crippen molar-refractivity contribution >= 4 is 57.5 Å². The predicted molar refractivity (Wildman–Crippen MR) is 117 cm³/mol. The monoisotopic (exact) mass is 416 g/mol. The van der Waals surface area contributed by atoms with Gasteiger partial charge in [-0.15, -0.1) is 11.3 Å². The Morgan fingerprint density at radius 2 is 2.00 bits per heavy atom. The van der Waals surface area contributed by atoms with Crippen molar-refractivity contribution in [2.75, 3.05) is 13.1 Å². The summed E-state index contributed by atoms with van der Waals surface area (Å²) in [6.45, 7) is 1.09. The van der Waals surface area contributed by atoms with Crippen LogP contribution in [0.4, 0.5) is 0 Å². The summed E-state index contributed by atoms with van der Waals surface area (Å²) in [5.41, 5.74) is 1.20. The van der Waals surface area contributed by atoms with E-state index in [4.69, 9.17) is 12.2 Å². The topological polar surface area (TPSA) is 49.4 Å². The fourth-order valence-electron chi connectivity index (χ4n) is 2.67. The van der Waals surface area contributed by atoms with Gasteiger partial charge in [0.2, 0.25) is 5.91 Å². The summed E-state index contributed by atoms with van der Waals surface area (Å²) >= 11 is 8.23. The number of hydrogen-bond acceptors (Lipinski definition) is 5. The number of thiocarbonyl (C=S) groups is 1. The third kappa shape index (κ3) is 5.76. The van der Waals surface area contributed by atoms with Crippen LogP contribution in [-0.4, -0.2) is 34.1 Å².